The van der Waals surface area contributed by atoms with Gasteiger partial charge in [-0.3, -0.25) is 9.69 Å². The fourth-order valence-electron chi connectivity index (χ4n) is 2.04. The minimum atomic E-state index is -0.867. The van der Waals surface area contributed by atoms with Gasteiger partial charge in [-0.2, -0.15) is 0 Å². The SMILES string of the molecule is CN1CCN(C)C(Cn2nnnc2SCC(=O)O)C1. The molecule has 0 amide bonds. The van der Waals surface area contributed by atoms with E-state index in [0.717, 1.165) is 31.4 Å². The van der Waals surface area contributed by atoms with Gasteiger partial charge >= 0.3 is 5.97 Å². The van der Waals surface area contributed by atoms with E-state index in [9.17, 15) is 4.79 Å². The molecule has 1 N–H and O–H groups in total. The molecule has 1 aliphatic rings. The Kier molecular flexibility index (Phi) is 4.72. The number of rotatable bonds is 5. The number of carbonyl (C=O) groups is 1. The average Bonchev–Trinajstić information content (AvgIpc) is 2.79. The number of tetrazole rings is 1. The lowest BCUT2D eigenvalue weighted by molar-refractivity contribution is -0.133. The highest BCUT2D eigenvalue weighted by atomic mass is 32.2. The summed E-state index contributed by atoms with van der Waals surface area (Å²) in [5.41, 5.74) is 0. The van der Waals surface area contributed by atoms with Crippen LogP contribution in [0.5, 0.6) is 0 Å². The van der Waals surface area contributed by atoms with E-state index in [1.54, 1.807) is 4.68 Å². The Balaban J connectivity index is 1.98. The van der Waals surface area contributed by atoms with Gasteiger partial charge in [-0.15, -0.1) is 5.10 Å². The molecule has 1 aromatic rings. The monoisotopic (exact) mass is 286 g/mol. The molecule has 106 valence electrons. The van der Waals surface area contributed by atoms with Crippen molar-refractivity contribution in [1.29, 1.82) is 0 Å². The van der Waals surface area contributed by atoms with Crippen molar-refractivity contribution in [1.82, 2.24) is 30.0 Å². The maximum Gasteiger partial charge on any atom is 0.313 e. The number of thioether (sulfide) groups is 1. The third kappa shape index (κ3) is 3.88. The van der Waals surface area contributed by atoms with Crippen molar-refractivity contribution in [2.24, 2.45) is 0 Å². The number of aliphatic carboxylic acids is 1. The van der Waals surface area contributed by atoms with Gasteiger partial charge in [0.05, 0.1) is 12.3 Å². The van der Waals surface area contributed by atoms with Crippen molar-refractivity contribution in [3.8, 4) is 0 Å². The maximum absolute atomic E-state index is 10.6. The molecule has 0 bridgehead atoms. The third-order valence-corrected chi connectivity index (χ3v) is 4.13. The molecule has 1 atom stereocenters. The van der Waals surface area contributed by atoms with Gasteiger partial charge < -0.3 is 10.0 Å². The van der Waals surface area contributed by atoms with E-state index in [-0.39, 0.29) is 5.75 Å². The summed E-state index contributed by atoms with van der Waals surface area (Å²) >= 11 is 1.15. The molecule has 8 nitrogen and oxygen atoms in total. The van der Waals surface area contributed by atoms with Crippen LogP contribution in [0.3, 0.4) is 0 Å². The van der Waals surface area contributed by atoms with Crippen LogP contribution in [0.15, 0.2) is 5.16 Å². The smallest absolute Gasteiger partial charge is 0.313 e. The van der Waals surface area contributed by atoms with E-state index >= 15 is 0 Å². The van der Waals surface area contributed by atoms with E-state index in [0.29, 0.717) is 17.7 Å². The first-order valence-corrected chi connectivity index (χ1v) is 7.04. The van der Waals surface area contributed by atoms with E-state index in [1.165, 1.54) is 0 Å². The van der Waals surface area contributed by atoms with Crippen LogP contribution < -0.4 is 0 Å². The Morgan fingerprint density at radius 1 is 1.47 bits per heavy atom. The lowest BCUT2D eigenvalue weighted by Gasteiger charge is -2.37. The van der Waals surface area contributed by atoms with Crippen LogP contribution in [0.1, 0.15) is 0 Å². The number of carboxylic acids is 1. The first-order chi connectivity index (χ1) is 9.06. The number of hydrogen-bond acceptors (Lipinski definition) is 7. The fraction of sp³-hybridized carbons (Fsp3) is 0.800. The Morgan fingerprint density at radius 2 is 2.26 bits per heavy atom. The summed E-state index contributed by atoms with van der Waals surface area (Å²) in [6.45, 7) is 3.71. The molecule has 0 spiro atoms. The van der Waals surface area contributed by atoms with Gasteiger partial charge in [0.2, 0.25) is 5.16 Å². The Hall–Kier alpha value is -1.19. The average molecular weight is 286 g/mol. The molecule has 0 aromatic carbocycles. The molecular formula is C10H18N6O2S. The molecule has 1 aliphatic heterocycles. The van der Waals surface area contributed by atoms with Crippen LogP contribution in [0.2, 0.25) is 0 Å². The standard InChI is InChI=1S/C10H18N6O2S/c1-14-3-4-15(2)8(5-14)6-16-10(11-12-13-16)19-7-9(17)18/h8H,3-7H2,1-2H3,(H,17,18). The van der Waals surface area contributed by atoms with Gasteiger partial charge in [0.25, 0.3) is 0 Å². The Labute approximate surface area is 115 Å². The maximum atomic E-state index is 10.6. The minimum Gasteiger partial charge on any atom is -0.481 e. The molecule has 19 heavy (non-hydrogen) atoms. The number of piperazine rings is 1. The first kappa shape index (κ1) is 14.2. The van der Waals surface area contributed by atoms with Crippen LogP contribution in [-0.2, 0) is 11.3 Å². The van der Waals surface area contributed by atoms with Gasteiger partial charge in [0.1, 0.15) is 0 Å². The molecule has 0 radical (unpaired) electrons. The summed E-state index contributed by atoms with van der Waals surface area (Å²) in [5.74, 6) is -0.894. The quantitative estimate of drug-likeness (QED) is 0.697. The molecular weight excluding hydrogens is 268 g/mol. The van der Waals surface area contributed by atoms with Crippen LogP contribution in [0.4, 0.5) is 0 Å². The fourth-order valence-corrected chi connectivity index (χ4v) is 2.65. The van der Waals surface area contributed by atoms with E-state index in [2.05, 4.69) is 39.4 Å². The van der Waals surface area contributed by atoms with Crippen molar-refractivity contribution in [2.45, 2.75) is 17.7 Å². The molecule has 1 aromatic heterocycles. The Morgan fingerprint density at radius 3 is 3.00 bits per heavy atom. The van der Waals surface area contributed by atoms with Crippen LogP contribution in [-0.4, -0.2) is 86.6 Å². The first-order valence-electron chi connectivity index (χ1n) is 6.06. The van der Waals surface area contributed by atoms with Crippen LogP contribution >= 0.6 is 11.8 Å². The largest absolute Gasteiger partial charge is 0.481 e. The zero-order valence-corrected chi connectivity index (χ0v) is 11.9. The highest BCUT2D eigenvalue weighted by Gasteiger charge is 2.24. The summed E-state index contributed by atoms with van der Waals surface area (Å²) in [6, 6.07) is 0.339. The zero-order chi connectivity index (χ0) is 13.8. The van der Waals surface area contributed by atoms with Crippen LogP contribution in [0.25, 0.3) is 0 Å². The predicted octanol–water partition coefficient (Wildman–Crippen LogP) is -0.904. The van der Waals surface area contributed by atoms with Crippen molar-refractivity contribution < 1.29 is 9.90 Å². The van der Waals surface area contributed by atoms with Crippen molar-refractivity contribution in [2.75, 3.05) is 39.5 Å². The second-order valence-corrected chi connectivity index (χ2v) is 5.67. The number of nitrogens with zero attached hydrogens (tertiary/aromatic N) is 6. The van der Waals surface area contributed by atoms with Crippen molar-refractivity contribution >= 4 is 17.7 Å². The lowest BCUT2D eigenvalue weighted by Crippen LogP contribution is -2.51. The number of likely N-dealkylation sites (N-methyl/N-ethyl adjacent to an activating group) is 2. The predicted molar refractivity (Wildman–Crippen MR) is 70.1 cm³/mol. The van der Waals surface area contributed by atoms with Gasteiger partial charge in [0.15, 0.2) is 0 Å². The van der Waals surface area contributed by atoms with Crippen molar-refractivity contribution in [3.05, 3.63) is 0 Å². The lowest BCUT2D eigenvalue weighted by atomic mass is 10.2. The molecule has 0 aliphatic carbocycles. The van der Waals surface area contributed by atoms with Gasteiger partial charge in [0, 0.05) is 25.7 Å². The van der Waals surface area contributed by atoms with E-state index in [1.807, 2.05) is 0 Å². The molecule has 1 unspecified atom stereocenters. The molecule has 1 fully saturated rings. The van der Waals surface area contributed by atoms with Gasteiger partial charge in [-0.05, 0) is 24.5 Å². The van der Waals surface area contributed by atoms with E-state index in [4.69, 9.17) is 5.11 Å². The van der Waals surface area contributed by atoms with Gasteiger partial charge in [-0.25, -0.2) is 4.68 Å². The summed E-state index contributed by atoms with van der Waals surface area (Å²) in [7, 11) is 4.19. The number of aromatic nitrogens is 4. The molecule has 1 saturated heterocycles. The van der Waals surface area contributed by atoms with Gasteiger partial charge in [-0.1, -0.05) is 11.8 Å². The molecule has 2 rings (SSSR count). The third-order valence-electron chi connectivity index (χ3n) is 3.19. The second kappa shape index (κ2) is 6.31. The summed E-state index contributed by atoms with van der Waals surface area (Å²) in [5, 5.41) is 20.7. The number of carboxylic acid groups (broad SMARTS) is 1. The molecule has 2 heterocycles. The summed E-state index contributed by atoms with van der Waals surface area (Å²) in [4.78, 5) is 15.1. The normalized spacial score (nSPS) is 21.7. The molecule has 0 saturated carbocycles. The van der Waals surface area contributed by atoms with E-state index < -0.39 is 5.97 Å². The highest BCUT2D eigenvalue weighted by Crippen LogP contribution is 2.15. The summed E-state index contributed by atoms with van der Waals surface area (Å²) < 4.78 is 1.69. The Bertz CT molecular complexity index is 439. The topological polar surface area (TPSA) is 87.4 Å². The highest BCUT2D eigenvalue weighted by molar-refractivity contribution is 7.99. The zero-order valence-electron chi connectivity index (χ0n) is 11.1. The molecule has 9 heteroatoms. The van der Waals surface area contributed by atoms with Crippen LogP contribution in [0, 0.1) is 0 Å². The second-order valence-electron chi connectivity index (χ2n) is 4.72. The number of hydrogen-bond donors (Lipinski definition) is 1. The van der Waals surface area contributed by atoms with Crippen molar-refractivity contribution in [3.63, 3.8) is 0 Å². The minimum absolute atomic E-state index is 0.0270. The summed E-state index contributed by atoms with van der Waals surface area (Å²) in [6.07, 6.45) is 0.